The molecule has 1 aliphatic rings. The van der Waals surface area contributed by atoms with Gasteiger partial charge in [-0.05, 0) is 43.7 Å². The lowest BCUT2D eigenvalue weighted by atomic mass is 10.0. The van der Waals surface area contributed by atoms with E-state index in [1.165, 1.54) is 22.2 Å². The third kappa shape index (κ3) is 3.61. The van der Waals surface area contributed by atoms with Crippen LogP contribution in [0.1, 0.15) is 24.2 Å². The second kappa shape index (κ2) is 6.41. The van der Waals surface area contributed by atoms with Crippen LogP contribution in [0.15, 0.2) is 18.2 Å². The van der Waals surface area contributed by atoms with E-state index >= 15 is 0 Å². The number of nitrogens with one attached hydrogen (secondary N) is 1. The predicted molar refractivity (Wildman–Crippen MR) is 81.7 cm³/mol. The number of fused-ring (bicyclic) bond motifs is 3. The Morgan fingerprint density at radius 1 is 1.43 bits per heavy atom. The Hall–Kier alpha value is -1.73. The van der Waals surface area contributed by atoms with Crippen LogP contribution < -0.4 is 5.32 Å². The van der Waals surface area contributed by atoms with E-state index in [0.29, 0.717) is 6.04 Å². The molecule has 0 saturated heterocycles. The molecule has 0 aliphatic carbocycles. The molecule has 0 spiro atoms. The summed E-state index contributed by atoms with van der Waals surface area (Å²) in [7, 11) is 2.14. The van der Waals surface area contributed by atoms with Crippen LogP contribution in [-0.4, -0.2) is 28.4 Å². The first-order chi connectivity index (χ1) is 10.6. The minimum atomic E-state index is -5.08. The summed E-state index contributed by atoms with van der Waals surface area (Å²) in [6, 6.07) is 6.60. The lowest BCUT2D eigenvalue weighted by molar-refractivity contribution is -0.192. The van der Waals surface area contributed by atoms with Crippen LogP contribution >= 0.6 is 11.6 Å². The molecule has 1 aromatic carbocycles. The molecular weight excluding hydrogens is 333 g/mol. The van der Waals surface area contributed by atoms with Crippen LogP contribution in [0.4, 0.5) is 13.2 Å². The highest BCUT2D eigenvalue weighted by Gasteiger charge is 2.38. The quantitative estimate of drug-likeness (QED) is 0.763. The zero-order valence-corrected chi connectivity index (χ0v) is 13.3. The first kappa shape index (κ1) is 17.6. The molecule has 0 saturated carbocycles. The molecule has 1 unspecified atom stereocenters. The van der Waals surface area contributed by atoms with Gasteiger partial charge < -0.3 is 15.0 Å². The van der Waals surface area contributed by atoms with Crippen molar-refractivity contribution in [3.05, 3.63) is 34.5 Å². The van der Waals surface area contributed by atoms with Gasteiger partial charge in [0.05, 0.1) is 0 Å². The Balaban J connectivity index is 0.000000236. The van der Waals surface area contributed by atoms with Crippen molar-refractivity contribution in [2.75, 3.05) is 6.54 Å². The number of aromatic nitrogens is 1. The number of nitrogens with zero attached hydrogens (tertiary/aromatic N) is 1. The van der Waals surface area contributed by atoms with E-state index in [-0.39, 0.29) is 0 Å². The number of carboxylic acid groups (broad SMARTS) is 1. The predicted octanol–water partition coefficient (Wildman–Crippen LogP) is 3.67. The summed E-state index contributed by atoms with van der Waals surface area (Å²) in [5.41, 5.74) is 4.15. The van der Waals surface area contributed by atoms with Gasteiger partial charge in [0.25, 0.3) is 0 Å². The van der Waals surface area contributed by atoms with Gasteiger partial charge in [0.15, 0.2) is 0 Å². The van der Waals surface area contributed by atoms with E-state index in [4.69, 9.17) is 21.5 Å². The van der Waals surface area contributed by atoms with Crippen molar-refractivity contribution in [2.24, 2.45) is 7.05 Å². The number of carboxylic acids is 1. The van der Waals surface area contributed by atoms with Crippen molar-refractivity contribution in [1.29, 1.82) is 0 Å². The molecule has 0 fully saturated rings. The third-order valence-electron chi connectivity index (χ3n) is 3.79. The van der Waals surface area contributed by atoms with Crippen LogP contribution in [0.3, 0.4) is 0 Å². The summed E-state index contributed by atoms with van der Waals surface area (Å²) in [6.07, 6.45) is -3.99. The fraction of sp³-hybridized carbons (Fsp3) is 0.400. The van der Waals surface area contributed by atoms with E-state index in [0.717, 1.165) is 18.0 Å². The maximum atomic E-state index is 10.6. The van der Waals surface area contributed by atoms with Gasteiger partial charge in [-0.2, -0.15) is 13.2 Å². The van der Waals surface area contributed by atoms with Gasteiger partial charge >= 0.3 is 12.1 Å². The first-order valence-electron chi connectivity index (χ1n) is 6.93. The summed E-state index contributed by atoms with van der Waals surface area (Å²) in [4.78, 5) is 8.90. The summed E-state index contributed by atoms with van der Waals surface area (Å²) >= 11 is 6.08. The molecule has 8 heteroatoms. The Morgan fingerprint density at radius 2 is 2.04 bits per heavy atom. The van der Waals surface area contributed by atoms with E-state index in [2.05, 4.69) is 36.0 Å². The highest BCUT2D eigenvalue weighted by molar-refractivity contribution is 6.31. The average molecular weight is 349 g/mol. The molecule has 0 bridgehead atoms. The summed E-state index contributed by atoms with van der Waals surface area (Å²) in [5, 5.41) is 12.8. The van der Waals surface area contributed by atoms with Crippen molar-refractivity contribution in [3.8, 4) is 0 Å². The normalized spacial score (nSPS) is 17.4. The Bertz CT molecular complexity index is 740. The number of benzene rings is 1. The van der Waals surface area contributed by atoms with Crippen molar-refractivity contribution in [3.63, 3.8) is 0 Å². The standard InChI is InChI=1S/C13H15ClN2.C2HF3O2/c1-8-13-10(5-6-15-8)11-7-9(14)3-4-12(11)16(13)2;3-2(4,5)1(6)7/h3-4,7-8,15H,5-6H2,1-2H3;(H,6,7). The number of aliphatic carboxylic acids is 1. The summed E-state index contributed by atoms with van der Waals surface area (Å²) < 4.78 is 34.0. The molecule has 1 aromatic heterocycles. The van der Waals surface area contributed by atoms with E-state index in [1.54, 1.807) is 0 Å². The largest absolute Gasteiger partial charge is 0.490 e. The highest BCUT2D eigenvalue weighted by atomic mass is 35.5. The monoisotopic (exact) mass is 348 g/mol. The van der Waals surface area contributed by atoms with Gasteiger partial charge in [-0.3, -0.25) is 0 Å². The number of rotatable bonds is 0. The van der Waals surface area contributed by atoms with Gasteiger partial charge in [0.1, 0.15) is 0 Å². The van der Waals surface area contributed by atoms with Gasteiger partial charge in [-0.1, -0.05) is 11.6 Å². The Labute approximate surface area is 135 Å². The zero-order chi connectivity index (χ0) is 17.4. The number of aryl methyl sites for hydroxylation is 1. The van der Waals surface area contributed by atoms with Crippen molar-refractivity contribution in [2.45, 2.75) is 25.6 Å². The number of alkyl halides is 3. The first-order valence-corrected chi connectivity index (χ1v) is 7.31. The molecule has 23 heavy (non-hydrogen) atoms. The number of halogens is 4. The second-order valence-electron chi connectivity index (χ2n) is 5.31. The van der Waals surface area contributed by atoms with Crippen molar-refractivity contribution in [1.82, 2.24) is 9.88 Å². The second-order valence-corrected chi connectivity index (χ2v) is 5.75. The molecule has 1 aliphatic heterocycles. The van der Waals surface area contributed by atoms with Gasteiger partial charge in [0, 0.05) is 34.7 Å². The molecule has 0 amide bonds. The molecule has 126 valence electrons. The smallest absolute Gasteiger partial charge is 0.475 e. The minimum Gasteiger partial charge on any atom is -0.475 e. The number of hydrogen-bond acceptors (Lipinski definition) is 2. The summed E-state index contributed by atoms with van der Waals surface area (Å²) in [6.45, 7) is 3.28. The van der Waals surface area contributed by atoms with E-state index < -0.39 is 12.1 Å². The van der Waals surface area contributed by atoms with Crippen molar-refractivity contribution < 1.29 is 23.1 Å². The van der Waals surface area contributed by atoms with Gasteiger partial charge in [-0.25, -0.2) is 4.79 Å². The number of carbonyl (C=O) groups is 1. The maximum absolute atomic E-state index is 10.6. The SMILES string of the molecule is CC1NCCc2c1n(C)c1ccc(Cl)cc21.O=C(O)C(F)(F)F. The molecule has 2 N–H and O–H groups in total. The molecule has 1 atom stereocenters. The molecule has 0 radical (unpaired) electrons. The minimum absolute atomic E-state index is 0.430. The maximum Gasteiger partial charge on any atom is 0.490 e. The summed E-state index contributed by atoms with van der Waals surface area (Å²) in [5.74, 6) is -2.76. The topological polar surface area (TPSA) is 54.3 Å². The van der Waals surface area contributed by atoms with Crippen LogP contribution in [0.2, 0.25) is 5.02 Å². The van der Waals surface area contributed by atoms with Crippen LogP contribution in [0, 0.1) is 0 Å². The lowest BCUT2D eigenvalue weighted by Crippen LogP contribution is -2.28. The number of hydrogen-bond donors (Lipinski definition) is 2. The highest BCUT2D eigenvalue weighted by Crippen LogP contribution is 2.33. The molecular formula is C15H16ClF3N2O2. The fourth-order valence-electron chi connectivity index (χ4n) is 2.84. The van der Waals surface area contributed by atoms with Gasteiger partial charge in [0.2, 0.25) is 0 Å². The van der Waals surface area contributed by atoms with Crippen molar-refractivity contribution >= 4 is 28.5 Å². The van der Waals surface area contributed by atoms with E-state index in [9.17, 15) is 13.2 Å². The average Bonchev–Trinajstić information content (AvgIpc) is 2.73. The van der Waals surface area contributed by atoms with E-state index in [1.807, 2.05) is 6.07 Å². The van der Waals surface area contributed by atoms with Crippen LogP contribution in [-0.2, 0) is 18.3 Å². The molecule has 2 aromatic rings. The van der Waals surface area contributed by atoms with Crippen LogP contribution in [0.5, 0.6) is 0 Å². The third-order valence-corrected chi connectivity index (χ3v) is 4.03. The van der Waals surface area contributed by atoms with Crippen LogP contribution in [0.25, 0.3) is 10.9 Å². The zero-order valence-electron chi connectivity index (χ0n) is 12.5. The molecule has 2 heterocycles. The fourth-order valence-corrected chi connectivity index (χ4v) is 3.01. The Kier molecular flexibility index (Phi) is 4.91. The molecule has 3 rings (SSSR count). The van der Waals surface area contributed by atoms with Gasteiger partial charge in [-0.15, -0.1) is 0 Å². The molecule has 4 nitrogen and oxygen atoms in total. The Morgan fingerprint density at radius 3 is 2.61 bits per heavy atom. The lowest BCUT2D eigenvalue weighted by Gasteiger charge is -2.22.